The zero-order chi connectivity index (χ0) is 13.6. The predicted molar refractivity (Wildman–Crippen MR) is 75.3 cm³/mol. The number of hydrogen-bond donors (Lipinski definition) is 2. The van der Waals surface area contributed by atoms with E-state index in [0.717, 1.165) is 18.5 Å². The molecule has 0 spiro atoms. The molecular weight excluding hydrogens is 241 g/mol. The standard InChI is InChI=1S/C16H24FNO/c17-15-6-4-5-14(11-15)12-18-13-16(9-10-19)7-2-1-3-8-16/h4-6,11,18-19H,1-3,7-10,12-13H2. The van der Waals surface area contributed by atoms with Gasteiger partial charge in [0.1, 0.15) is 5.82 Å². The van der Waals surface area contributed by atoms with Crippen LogP contribution in [0.1, 0.15) is 44.1 Å². The number of aliphatic hydroxyl groups excluding tert-OH is 1. The summed E-state index contributed by atoms with van der Waals surface area (Å²) in [6.45, 7) is 1.89. The third-order valence-electron chi connectivity index (χ3n) is 4.27. The normalized spacial score (nSPS) is 18.4. The Kier molecular flexibility index (Phi) is 5.34. The minimum Gasteiger partial charge on any atom is -0.396 e. The van der Waals surface area contributed by atoms with Crippen LogP contribution in [0.3, 0.4) is 0 Å². The van der Waals surface area contributed by atoms with E-state index in [1.165, 1.54) is 38.2 Å². The molecule has 1 aliphatic carbocycles. The SMILES string of the molecule is OCCC1(CNCc2cccc(F)c2)CCCCC1. The molecule has 2 rings (SSSR count). The Balaban J connectivity index is 1.85. The van der Waals surface area contributed by atoms with Crippen molar-refractivity contribution in [2.24, 2.45) is 5.41 Å². The van der Waals surface area contributed by atoms with Gasteiger partial charge in [0.15, 0.2) is 0 Å². The van der Waals surface area contributed by atoms with E-state index >= 15 is 0 Å². The van der Waals surface area contributed by atoms with Gasteiger partial charge in [-0.15, -0.1) is 0 Å². The van der Waals surface area contributed by atoms with Crippen molar-refractivity contribution < 1.29 is 9.50 Å². The maximum absolute atomic E-state index is 13.1. The van der Waals surface area contributed by atoms with Crippen LogP contribution in [0.15, 0.2) is 24.3 Å². The van der Waals surface area contributed by atoms with Crippen LogP contribution < -0.4 is 5.32 Å². The molecule has 0 aliphatic heterocycles. The minimum absolute atomic E-state index is 0.179. The second-order valence-electron chi connectivity index (χ2n) is 5.77. The van der Waals surface area contributed by atoms with Crippen molar-refractivity contribution in [3.05, 3.63) is 35.6 Å². The topological polar surface area (TPSA) is 32.3 Å². The molecule has 0 unspecified atom stereocenters. The van der Waals surface area contributed by atoms with Crippen molar-refractivity contribution in [3.8, 4) is 0 Å². The Bertz CT molecular complexity index is 383. The van der Waals surface area contributed by atoms with Crippen LogP contribution >= 0.6 is 0 Å². The Morgan fingerprint density at radius 1 is 1.21 bits per heavy atom. The fraction of sp³-hybridized carbons (Fsp3) is 0.625. The molecule has 0 atom stereocenters. The lowest BCUT2D eigenvalue weighted by atomic mass is 9.72. The predicted octanol–water partition coefficient (Wildman–Crippen LogP) is 3.25. The summed E-state index contributed by atoms with van der Waals surface area (Å²) in [4.78, 5) is 0. The molecule has 2 N–H and O–H groups in total. The number of rotatable bonds is 6. The maximum Gasteiger partial charge on any atom is 0.123 e. The molecule has 0 saturated heterocycles. The molecule has 0 bridgehead atoms. The van der Waals surface area contributed by atoms with E-state index in [1.54, 1.807) is 12.1 Å². The van der Waals surface area contributed by atoms with Crippen LogP contribution in [0.2, 0.25) is 0 Å². The van der Waals surface area contributed by atoms with Crippen LogP contribution in [0, 0.1) is 11.2 Å². The molecule has 1 fully saturated rings. The third kappa shape index (κ3) is 4.29. The molecule has 2 nitrogen and oxygen atoms in total. The van der Waals surface area contributed by atoms with Gasteiger partial charge in [-0.2, -0.15) is 0 Å². The first-order chi connectivity index (χ1) is 9.24. The third-order valence-corrected chi connectivity index (χ3v) is 4.27. The first-order valence-corrected chi connectivity index (χ1v) is 7.30. The summed E-state index contributed by atoms with van der Waals surface area (Å²) < 4.78 is 13.1. The van der Waals surface area contributed by atoms with Crippen LogP contribution in [-0.4, -0.2) is 18.3 Å². The molecule has 1 aromatic carbocycles. The molecule has 0 aromatic heterocycles. The summed E-state index contributed by atoms with van der Waals surface area (Å²) in [5.74, 6) is -0.179. The fourth-order valence-corrected chi connectivity index (χ4v) is 3.17. The highest BCUT2D eigenvalue weighted by atomic mass is 19.1. The smallest absolute Gasteiger partial charge is 0.123 e. The minimum atomic E-state index is -0.179. The summed E-state index contributed by atoms with van der Waals surface area (Å²) in [6.07, 6.45) is 7.12. The summed E-state index contributed by atoms with van der Waals surface area (Å²) in [6, 6.07) is 6.73. The van der Waals surface area contributed by atoms with Gasteiger partial charge in [0.25, 0.3) is 0 Å². The quantitative estimate of drug-likeness (QED) is 0.827. The summed E-state index contributed by atoms with van der Waals surface area (Å²) in [5, 5.41) is 12.7. The zero-order valence-corrected chi connectivity index (χ0v) is 11.5. The monoisotopic (exact) mass is 265 g/mol. The summed E-state index contributed by atoms with van der Waals surface area (Å²) in [7, 11) is 0. The molecule has 106 valence electrons. The average molecular weight is 265 g/mol. The lowest BCUT2D eigenvalue weighted by molar-refractivity contribution is 0.126. The van der Waals surface area contributed by atoms with Crippen LogP contribution in [0.4, 0.5) is 4.39 Å². The van der Waals surface area contributed by atoms with Gasteiger partial charge >= 0.3 is 0 Å². The van der Waals surface area contributed by atoms with Crippen molar-refractivity contribution in [1.29, 1.82) is 0 Å². The van der Waals surface area contributed by atoms with E-state index in [2.05, 4.69) is 5.32 Å². The van der Waals surface area contributed by atoms with Gasteiger partial charge in [0.05, 0.1) is 0 Å². The molecule has 19 heavy (non-hydrogen) atoms. The van der Waals surface area contributed by atoms with E-state index in [4.69, 9.17) is 0 Å². The summed E-state index contributed by atoms with van der Waals surface area (Å²) in [5.41, 5.74) is 1.23. The number of benzene rings is 1. The number of halogens is 1. The van der Waals surface area contributed by atoms with Gasteiger partial charge in [-0.05, 0) is 42.4 Å². The first kappa shape index (κ1) is 14.5. The molecule has 3 heteroatoms. The molecule has 1 saturated carbocycles. The Hall–Kier alpha value is -0.930. The zero-order valence-electron chi connectivity index (χ0n) is 11.5. The lowest BCUT2D eigenvalue weighted by Gasteiger charge is -2.37. The summed E-state index contributed by atoms with van der Waals surface area (Å²) >= 11 is 0. The van der Waals surface area contributed by atoms with Gasteiger partial charge in [-0.25, -0.2) is 4.39 Å². The van der Waals surface area contributed by atoms with E-state index < -0.39 is 0 Å². The molecule has 0 radical (unpaired) electrons. The fourth-order valence-electron chi connectivity index (χ4n) is 3.17. The number of aliphatic hydroxyl groups is 1. The largest absolute Gasteiger partial charge is 0.396 e. The average Bonchev–Trinajstić information content (AvgIpc) is 2.40. The Morgan fingerprint density at radius 3 is 2.68 bits per heavy atom. The van der Waals surface area contributed by atoms with Crippen LogP contribution in [0.5, 0.6) is 0 Å². The van der Waals surface area contributed by atoms with E-state index in [1.807, 2.05) is 6.07 Å². The Labute approximate surface area is 115 Å². The highest BCUT2D eigenvalue weighted by Crippen LogP contribution is 2.38. The van der Waals surface area contributed by atoms with E-state index in [0.29, 0.717) is 6.54 Å². The van der Waals surface area contributed by atoms with Crippen LogP contribution in [-0.2, 0) is 6.54 Å². The van der Waals surface area contributed by atoms with E-state index in [-0.39, 0.29) is 17.8 Å². The van der Waals surface area contributed by atoms with Crippen molar-refractivity contribution in [2.45, 2.75) is 45.1 Å². The highest BCUT2D eigenvalue weighted by Gasteiger charge is 2.30. The molecule has 0 amide bonds. The second-order valence-corrected chi connectivity index (χ2v) is 5.77. The van der Waals surface area contributed by atoms with Gasteiger partial charge in [0, 0.05) is 19.7 Å². The second kappa shape index (κ2) is 7.01. The van der Waals surface area contributed by atoms with Crippen molar-refractivity contribution >= 4 is 0 Å². The molecular formula is C16H24FNO. The maximum atomic E-state index is 13.1. The number of hydrogen-bond acceptors (Lipinski definition) is 2. The lowest BCUT2D eigenvalue weighted by Crippen LogP contribution is -2.36. The van der Waals surface area contributed by atoms with Crippen molar-refractivity contribution in [1.82, 2.24) is 5.32 Å². The van der Waals surface area contributed by atoms with Crippen LogP contribution in [0.25, 0.3) is 0 Å². The van der Waals surface area contributed by atoms with Gasteiger partial charge in [-0.1, -0.05) is 31.4 Å². The van der Waals surface area contributed by atoms with Gasteiger partial charge in [0.2, 0.25) is 0 Å². The van der Waals surface area contributed by atoms with Crippen molar-refractivity contribution in [3.63, 3.8) is 0 Å². The Morgan fingerprint density at radius 2 is 2.00 bits per heavy atom. The molecule has 0 heterocycles. The first-order valence-electron chi connectivity index (χ1n) is 7.30. The van der Waals surface area contributed by atoms with Gasteiger partial charge in [-0.3, -0.25) is 0 Å². The van der Waals surface area contributed by atoms with E-state index in [9.17, 15) is 9.50 Å². The number of nitrogens with one attached hydrogen (secondary N) is 1. The van der Waals surface area contributed by atoms with Crippen molar-refractivity contribution in [2.75, 3.05) is 13.2 Å². The molecule has 1 aromatic rings. The van der Waals surface area contributed by atoms with Gasteiger partial charge < -0.3 is 10.4 Å². The molecule has 1 aliphatic rings. The highest BCUT2D eigenvalue weighted by molar-refractivity contribution is 5.16.